The van der Waals surface area contributed by atoms with Gasteiger partial charge in [-0.05, 0) is 24.0 Å². The van der Waals surface area contributed by atoms with Crippen LogP contribution in [-0.4, -0.2) is 24.3 Å². The van der Waals surface area contributed by atoms with Gasteiger partial charge in [0.25, 0.3) is 0 Å². The van der Waals surface area contributed by atoms with Gasteiger partial charge in [0.05, 0.1) is 6.04 Å². The summed E-state index contributed by atoms with van der Waals surface area (Å²) in [5, 5.41) is 2.65. The van der Waals surface area contributed by atoms with Gasteiger partial charge in [0.15, 0.2) is 0 Å². The van der Waals surface area contributed by atoms with E-state index >= 15 is 0 Å². The van der Waals surface area contributed by atoms with Crippen LogP contribution in [0, 0.1) is 0 Å². The first-order chi connectivity index (χ1) is 10.7. The molecule has 0 saturated heterocycles. The van der Waals surface area contributed by atoms with E-state index in [1.807, 2.05) is 66.9 Å². The quantitative estimate of drug-likeness (QED) is 0.580. The summed E-state index contributed by atoms with van der Waals surface area (Å²) in [6.45, 7) is 0. The van der Waals surface area contributed by atoms with Crippen molar-refractivity contribution in [3.05, 3.63) is 71.8 Å². The van der Waals surface area contributed by atoms with Gasteiger partial charge in [0.1, 0.15) is 0 Å². The van der Waals surface area contributed by atoms with Gasteiger partial charge < -0.3 is 15.8 Å². The summed E-state index contributed by atoms with van der Waals surface area (Å²) < 4.78 is 0. The number of nitrogens with two attached hydrogens (primary N) is 1. The van der Waals surface area contributed by atoms with Crippen LogP contribution in [0.4, 0.5) is 0 Å². The first kappa shape index (κ1) is 19.1. The van der Waals surface area contributed by atoms with Gasteiger partial charge in [-0.25, -0.2) is 6.29 Å². The fourth-order valence-corrected chi connectivity index (χ4v) is 2.21. The van der Waals surface area contributed by atoms with Crippen molar-refractivity contribution < 1.29 is 26.7 Å². The molecule has 4 nitrogen and oxygen atoms in total. The number of amides is 1. The van der Waals surface area contributed by atoms with E-state index in [1.54, 1.807) is 0 Å². The van der Waals surface area contributed by atoms with Crippen molar-refractivity contribution in [3.8, 4) is 0 Å². The Labute approximate surface area is 146 Å². The fourth-order valence-electron chi connectivity index (χ4n) is 2.21. The number of hydrogen-bond acceptors (Lipinski definition) is 3. The Kier molecular flexibility index (Phi) is 8.27. The van der Waals surface area contributed by atoms with Crippen molar-refractivity contribution in [2.45, 2.75) is 24.9 Å². The zero-order valence-corrected chi connectivity index (χ0v) is 13.5. The fraction of sp³-hybridized carbons (Fsp3) is 0.222. The Balaban J connectivity index is 0.00000264. The Hall–Kier alpha value is -1.94. The Morgan fingerprint density at radius 2 is 1.43 bits per heavy atom. The molecule has 3 N–H and O–H groups in total. The number of benzene rings is 2. The standard InChI is InChI=1S/C18H19N2O2.Cu/c19-17(12-15-9-5-2-6-10-15)18(22)20-16(13-21)11-14-7-3-1-4-8-14;/h1-10,16-17H,11-12,19H2,(H,20,22);/q-1;+1/t16-,17-;/m0./s1. The monoisotopic (exact) mass is 358 g/mol. The molecule has 23 heavy (non-hydrogen) atoms. The van der Waals surface area contributed by atoms with Gasteiger partial charge in [0, 0.05) is 0 Å². The smallest absolute Gasteiger partial charge is 0.540 e. The molecule has 2 rings (SSSR count). The number of carbonyl (C=O) groups excluding carboxylic acids is 2. The van der Waals surface area contributed by atoms with Gasteiger partial charge in [-0.3, -0.25) is 4.79 Å². The summed E-state index contributed by atoms with van der Waals surface area (Å²) in [6, 6.07) is 17.7. The molecular formula is C18H19CuN2O2. The normalized spacial score (nSPS) is 12.6. The predicted molar refractivity (Wildman–Crippen MR) is 85.9 cm³/mol. The summed E-state index contributed by atoms with van der Waals surface area (Å²) in [5.74, 6) is -0.340. The number of carbonyl (C=O) groups is 1. The van der Waals surface area contributed by atoms with Crippen molar-refractivity contribution in [3.63, 3.8) is 0 Å². The second-order valence-electron chi connectivity index (χ2n) is 5.16. The van der Waals surface area contributed by atoms with Crippen LogP contribution in [-0.2, 0) is 39.5 Å². The molecule has 0 spiro atoms. The minimum Gasteiger partial charge on any atom is -0.540 e. The molecule has 0 radical (unpaired) electrons. The largest absolute Gasteiger partial charge is 1.00 e. The topological polar surface area (TPSA) is 72.2 Å². The van der Waals surface area contributed by atoms with E-state index in [2.05, 4.69) is 5.32 Å². The van der Waals surface area contributed by atoms with Crippen LogP contribution in [0.3, 0.4) is 0 Å². The average molecular weight is 359 g/mol. The Bertz CT molecular complexity index is 605. The van der Waals surface area contributed by atoms with Crippen molar-refractivity contribution in [1.29, 1.82) is 0 Å². The molecule has 0 aliphatic heterocycles. The summed E-state index contributed by atoms with van der Waals surface area (Å²) >= 11 is 0. The summed E-state index contributed by atoms with van der Waals surface area (Å²) in [5.41, 5.74) is 7.86. The van der Waals surface area contributed by atoms with E-state index < -0.39 is 12.1 Å². The van der Waals surface area contributed by atoms with Crippen molar-refractivity contribution in [2.24, 2.45) is 5.73 Å². The average Bonchev–Trinajstić information content (AvgIpc) is 2.56. The third-order valence-corrected chi connectivity index (χ3v) is 3.38. The van der Waals surface area contributed by atoms with Crippen LogP contribution in [0.25, 0.3) is 0 Å². The number of rotatable bonds is 7. The van der Waals surface area contributed by atoms with Crippen LogP contribution < -0.4 is 11.1 Å². The van der Waals surface area contributed by atoms with Crippen LogP contribution in [0.5, 0.6) is 0 Å². The van der Waals surface area contributed by atoms with Crippen LogP contribution in [0.2, 0.25) is 0 Å². The summed E-state index contributed by atoms with van der Waals surface area (Å²) in [7, 11) is 0. The molecule has 1 amide bonds. The maximum atomic E-state index is 12.1. The third kappa shape index (κ3) is 6.37. The van der Waals surface area contributed by atoms with E-state index in [1.165, 1.54) is 0 Å². The molecule has 0 unspecified atom stereocenters. The van der Waals surface area contributed by atoms with Gasteiger partial charge >= 0.3 is 17.1 Å². The second-order valence-corrected chi connectivity index (χ2v) is 5.16. The van der Waals surface area contributed by atoms with Crippen LogP contribution >= 0.6 is 0 Å². The number of nitrogens with one attached hydrogen (secondary N) is 1. The van der Waals surface area contributed by atoms with E-state index in [4.69, 9.17) is 5.73 Å². The molecular weight excluding hydrogens is 340 g/mol. The van der Waals surface area contributed by atoms with Gasteiger partial charge in [-0.2, -0.15) is 0 Å². The van der Waals surface area contributed by atoms with Crippen molar-refractivity contribution >= 4 is 12.2 Å². The van der Waals surface area contributed by atoms with Gasteiger partial charge in [-0.15, -0.1) is 0 Å². The second kappa shape index (κ2) is 9.95. The molecule has 124 valence electrons. The molecule has 2 aromatic carbocycles. The van der Waals surface area contributed by atoms with E-state index in [0.717, 1.165) is 11.1 Å². The van der Waals surface area contributed by atoms with Crippen molar-refractivity contribution in [1.82, 2.24) is 5.32 Å². The molecule has 0 bridgehead atoms. The minimum atomic E-state index is -0.686. The molecule has 0 aromatic heterocycles. The SMILES string of the molecule is N[C@@H](Cc1ccccc1)C(=O)N[C@H]([C-]=O)Cc1ccccc1.[Cu+]. The molecule has 0 saturated carbocycles. The maximum absolute atomic E-state index is 12.1. The maximum Gasteiger partial charge on any atom is 1.00 e. The zero-order chi connectivity index (χ0) is 15.8. The molecule has 5 heteroatoms. The van der Waals surface area contributed by atoms with Crippen molar-refractivity contribution in [2.75, 3.05) is 0 Å². The van der Waals surface area contributed by atoms with E-state index in [9.17, 15) is 9.59 Å². The summed E-state index contributed by atoms with van der Waals surface area (Å²) in [6.07, 6.45) is 2.71. The molecule has 0 heterocycles. The van der Waals surface area contributed by atoms with Gasteiger partial charge in [-0.1, -0.05) is 66.7 Å². The Morgan fingerprint density at radius 3 is 1.91 bits per heavy atom. The minimum absolute atomic E-state index is 0. The zero-order valence-electron chi connectivity index (χ0n) is 12.5. The third-order valence-electron chi connectivity index (χ3n) is 3.38. The molecule has 2 aromatic rings. The first-order valence-corrected chi connectivity index (χ1v) is 7.20. The molecule has 0 aliphatic rings. The van der Waals surface area contributed by atoms with Gasteiger partial charge in [0.2, 0.25) is 5.91 Å². The van der Waals surface area contributed by atoms with Crippen LogP contribution in [0.15, 0.2) is 60.7 Å². The molecule has 0 fully saturated rings. The van der Waals surface area contributed by atoms with E-state index in [0.29, 0.717) is 12.8 Å². The number of hydrogen-bond donors (Lipinski definition) is 2. The summed E-state index contributed by atoms with van der Waals surface area (Å²) in [4.78, 5) is 23.1. The first-order valence-electron chi connectivity index (χ1n) is 7.20. The molecule has 0 aliphatic carbocycles. The Morgan fingerprint density at radius 1 is 0.957 bits per heavy atom. The van der Waals surface area contributed by atoms with Crippen LogP contribution in [0.1, 0.15) is 11.1 Å². The predicted octanol–water partition coefficient (Wildman–Crippen LogP) is 1.39. The van der Waals surface area contributed by atoms with E-state index in [-0.39, 0.29) is 23.0 Å². The molecule has 2 atom stereocenters.